The van der Waals surface area contributed by atoms with Crippen LogP contribution in [0.2, 0.25) is 0 Å². The molecule has 3 heteroatoms. The van der Waals surface area contributed by atoms with Gasteiger partial charge in [0.05, 0.1) is 5.69 Å². The highest BCUT2D eigenvalue weighted by molar-refractivity contribution is 5.91. The molecule has 0 spiro atoms. The smallest absolute Gasteiger partial charge is 0.168 e. The largest absolute Gasteiger partial charge is 0.274 e. The maximum Gasteiger partial charge on any atom is 0.168 e. The number of rotatable bonds is 4. The Morgan fingerprint density at radius 2 is 1.62 bits per heavy atom. The van der Waals surface area contributed by atoms with Gasteiger partial charge in [-0.15, -0.1) is 10.2 Å². The van der Waals surface area contributed by atoms with E-state index in [0.29, 0.717) is 0 Å². The van der Waals surface area contributed by atoms with E-state index in [1.807, 2.05) is 37.3 Å². The first kappa shape index (κ1) is 16.0. The molecule has 0 atom stereocenters. The van der Waals surface area contributed by atoms with Crippen LogP contribution in [0.1, 0.15) is 12.7 Å². The van der Waals surface area contributed by atoms with E-state index in [-0.39, 0.29) is 0 Å². The molecule has 26 heavy (non-hydrogen) atoms. The van der Waals surface area contributed by atoms with Crippen LogP contribution in [0.25, 0.3) is 33.4 Å². The van der Waals surface area contributed by atoms with Gasteiger partial charge in [0.25, 0.3) is 0 Å². The van der Waals surface area contributed by atoms with Gasteiger partial charge in [-0.2, -0.15) is 0 Å². The fraction of sp³-hybridized carbons (Fsp3) is 0.0435. The molecule has 0 aliphatic rings. The topological polar surface area (TPSA) is 30.7 Å². The molecular formula is C23H19N3. The van der Waals surface area contributed by atoms with Crippen LogP contribution in [0.15, 0.2) is 91.5 Å². The first-order valence-electron chi connectivity index (χ1n) is 8.61. The quantitative estimate of drug-likeness (QED) is 0.449. The van der Waals surface area contributed by atoms with Crippen LogP contribution in [0.5, 0.6) is 0 Å². The molecule has 0 bridgehead atoms. The minimum Gasteiger partial charge on any atom is -0.274 e. The van der Waals surface area contributed by atoms with Gasteiger partial charge in [0.2, 0.25) is 0 Å². The summed E-state index contributed by atoms with van der Waals surface area (Å²) in [6.45, 7) is 5.93. The van der Waals surface area contributed by atoms with Crippen LogP contribution in [0.3, 0.4) is 0 Å². The molecule has 3 nitrogen and oxygen atoms in total. The third-order valence-electron chi connectivity index (χ3n) is 4.49. The van der Waals surface area contributed by atoms with Gasteiger partial charge < -0.3 is 0 Å². The van der Waals surface area contributed by atoms with E-state index in [1.54, 1.807) is 0 Å². The number of aromatic nitrogens is 3. The van der Waals surface area contributed by atoms with Crippen LogP contribution in [0, 0.1) is 0 Å². The van der Waals surface area contributed by atoms with Crippen molar-refractivity contribution < 1.29 is 0 Å². The average Bonchev–Trinajstić information content (AvgIpc) is 3.14. The maximum atomic E-state index is 4.51. The lowest BCUT2D eigenvalue weighted by atomic mass is 10.1. The normalized spacial score (nSPS) is 11.7. The first-order chi connectivity index (χ1) is 12.8. The van der Waals surface area contributed by atoms with Crippen molar-refractivity contribution in [3.63, 3.8) is 0 Å². The molecule has 4 rings (SSSR count). The van der Waals surface area contributed by atoms with Crippen molar-refractivity contribution in [3.05, 3.63) is 97.4 Å². The minimum absolute atomic E-state index is 0.790. The van der Waals surface area contributed by atoms with Crippen LogP contribution >= 0.6 is 0 Å². The van der Waals surface area contributed by atoms with Gasteiger partial charge in [-0.05, 0) is 18.4 Å². The molecule has 0 amide bonds. The Bertz CT molecular complexity index is 1100. The van der Waals surface area contributed by atoms with Gasteiger partial charge in [-0.25, -0.2) is 0 Å². The first-order valence-corrected chi connectivity index (χ1v) is 8.61. The molecule has 1 heterocycles. The number of hydrogen-bond donors (Lipinski definition) is 0. The number of nitrogens with zero attached hydrogens (tertiary/aromatic N) is 3. The summed E-state index contributed by atoms with van der Waals surface area (Å²) in [6.07, 6.45) is 3.83. The highest BCUT2D eigenvalue weighted by Crippen LogP contribution is 2.30. The lowest BCUT2D eigenvalue weighted by Gasteiger charge is -2.14. The van der Waals surface area contributed by atoms with Crippen LogP contribution < -0.4 is 0 Å². The summed E-state index contributed by atoms with van der Waals surface area (Å²) in [5, 5.41) is 11.3. The summed E-state index contributed by atoms with van der Waals surface area (Å²) in [6, 6.07) is 24.8. The molecular weight excluding hydrogens is 318 g/mol. The maximum absolute atomic E-state index is 4.51. The molecule has 3 aromatic carbocycles. The van der Waals surface area contributed by atoms with E-state index in [2.05, 4.69) is 75.9 Å². The van der Waals surface area contributed by atoms with Gasteiger partial charge in [0.1, 0.15) is 0 Å². The second-order valence-corrected chi connectivity index (χ2v) is 6.00. The van der Waals surface area contributed by atoms with Crippen molar-refractivity contribution in [1.29, 1.82) is 0 Å². The zero-order valence-electron chi connectivity index (χ0n) is 14.6. The van der Waals surface area contributed by atoms with E-state index in [9.17, 15) is 0 Å². The number of benzene rings is 3. The Kier molecular flexibility index (Phi) is 4.20. The van der Waals surface area contributed by atoms with Crippen molar-refractivity contribution in [2.24, 2.45) is 0 Å². The van der Waals surface area contributed by atoms with E-state index < -0.39 is 0 Å². The molecule has 4 aromatic rings. The zero-order valence-corrected chi connectivity index (χ0v) is 14.6. The summed E-state index contributed by atoms with van der Waals surface area (Å²) >= 11 is 0. The molecule has 0 aliphatic carbocycles. The molecule has 0 aliphatic heterocycles. The third kappa shape index (κ3) is 2.64. The lowest BCUT2D eigenvalue weighted by Crippen LogP contribution is -2.03. The van der Waals surface area contributed by atoms with E-state index in [0.717, 1.165) is 33.9 Å². The van der Waals surface area contributed by atoms with Gasteiger partial charge in [0.15, 0.2) is 11.6 Å². The van der Waals surface area contributed by atoms with E-state index in [4.69, 9.17) is 0 Å². The van der Waals surface area contributed by atoms with Gasteiger partial charge >= 0.3 is 0 Å². The van der Waals surface area contributed by atoms with Crippen LogP contribution in [-0.2, 0) is 0 Å². The monoisotopic (exact) mass is 337 g/mol. The fourth-order valence-corrected chi connectivity index (χ4v) is 3.22. The summed E-state index contributed by atoms with van der Waals surface area (Å²) in [5.41, 5.74) is 3.04. The average molecular weight is 337 g/mol. The highest BCUT2D eigenvalue weighted by atomic mass is 15.3. The standard InChI is InChI=1S/C23H19N3/c1-3-17(4-2)22-24-25-23(19-12-6-5-7-13-19)26(22)21-16-10-14-18-11-8-9-15-20(18)21/h3-16H,1H2,2H3. The van der Waals surface area contributed by atoms with Crippen molar-refractivity contribution in [2.45, 2.75) is 6.92 Å². The molecule has 0 saturated carbocycles. The highest BCUT2D eigenvalue weighted by Gasteiger charge is 2.18. The summed E-state index contributed by atoms with van der Waals surface area (Å²) in [5.74, 6) is 1.61. The Hall–Kier alpha value is -3.46. The Morgan fingerprint density at radius 3 is 2.38 bits per heavy atom. The van der Waals surface area contributed by atoms with Crippen LogP contribution in [-0.4, -0.2) is 14.8 Å². The Balaban J connectivity index is 2.08. The second kappa shape index (κ2) is 6.81. The van der Waals surface area contributed by atoms with Gasteiger partial charge in [0, 0.05) is 16.5 Å². The predicted octanol–water partition coefficient (Wildman–Crippen LogP) is 5.68. The lowest BCUT2D eigenvalue weighted by molar-refractivity contribution is 1.04. The Morgan fingerprint density at radius 1 is 0.885 bits per heavy atom. The van der Waals surface area contributed by atoms with Crippen molar-refractivity contribution in [1.82, 2.24) is 14.8 Å². The molecule has 126 valence electrons. The third-order valence-corrected chi connectivity index (χ3v) is 4.49. The summed E-state index contributed by atoms with van der Waals surface area (Å²) in [7, 11) is 0. The van der Waals surface area contributed by atoms with E-state index >= 15 is 0 Å². The molecule has 0 saturated heterocycles. The van der Waals surface area contributed by atoms with Crippen molar-refractivity contribution in [3.8, 4) is 17.1 Å². The number of hydrogen-bond acceptors (Lipinski definition) is 2. The summed E-state index contributed by atoms with van der Waals surface area (Å²) < 4.78 is 2.12. The fourth-order valence-electron chi connectivity index (χ4n) is 3.22. The molecule has 0 radical (unpaired) electrons. The van der Waals surface area contributed by atoms with Crippen molar-refractivity contribution in [2.75, 3.05) is 0 Å². The van der Waals surface area contributed by atoms with Gasteiger partial charge in [-0.1, -0.05) is 85.5 Å². The van der Waals surface area contributed by atoms with Gasteiger partial charge in [-0.3, -0.25) is 4.57 Å². The van der Waals surface area contributed by atoms with Crippen molar-refractivity contribution >= 4 is 16.3 Å². The van der Waals surface area contributed by atoms with Crippen LogP contribution in [0.4, 0.5) is 0 Å². The second-order valence-electron chi connectivity index (χ2n) is 6.00. The van der Waals surface area contributed by atoms with E-state index in [1.165, 1.54) is 5.39 Å². The summed E-state index contributed by atoms with van der Waals surface area (Å²) in [4.78, 5) is 0. The molecule has 0 unspecified atom stereocenters. The zero-order chi connectivity index (χ0) is 17.9. The molecule has 0 N–H and O–H groups in total. The Labute approximate surface area is 152 Å². The minimum atomic E-state index is 0.790. The molecule has 0 fully saturated rings. The predicted molar refractivity (Wildman–Crippen MR) is 108 cm³/mol. The number of allylic oxidation sites excluding steroid dienone is 3. The molecule has 1 aromatic heterocycles. The SMILES string of the molecule is C=CC(=CC)c1nnc(-c2ccccc2)n1-c1cccc2ccccc12. The number of fused-ring (bicyclic) bond motifs is 1.